The fraction of sp³-hybridized carbons (Fsp3) is 0.333. The molecule has 0 spiro atoms. The summed E-state index contributed by atoms with van der Waals surface area (Å²) in [6.45, 7) is -5.36. The van der Waals surface area contributed by atoms with Crippen LogP contribution >= 0.6 is 0 Å². The number of para-hydroxylation sites is 1. The van der Waals surface area contributed by atoms with Gasteiger partial charge in [-0.05, 0) is 25.8 Å². The molecule has 1 aromatic carbocycles. The van der Waals surface area contributed by atoms with Gasteiger partial charge in [-0.2, -0.15) is 0 Å². The molecule has 54 valence electrons. The number of hydrogen-bond acceptors (Lipinski definition) is 1. The molecule has 0 amide bonds. The first-order chi connectivity index (χ1) is 7.21. The van der Waals surface area contributed by atoms with Crippen molar-refractivity contribution in [3.05, 3.63) is 30.3 Å². The van der Waals surface area contributed by atoms with Crippen LogP contribution in [-0.4, -0.2) is 6.10 Å². The van der Waals surface area contributed by atoms with Gasteiger partial charge >= 0.3 is 0 Å². The molecule has 1 nitrogen and oxygen atoms in total. The second-order valence-electron chi connectivity index (χ2n) is 1.81. The van der Waals surface area contributed by atoms with Crippen LogP contribution in [0.5, 0.6) is 5.75 Å². The summed E-state index contributed by atoms with van der Waals surface area (Å²) in [4.78, 5) is 0. The van der Waals surface area contributed by atoms with Crippen LogP contribution in [0.2, 0.25) is 0 Å². The number of rotatable bonds is 2. The van der Waals surface area contributed by atoms with Crippen LogP contribution in [0.1, 0.15) is 21.9 Å². The van der Waals surface area contributed by atoms with Crippen molar-refractivity contribution in [1.29, 1.82) is 0 Å². The highest BCUT2D eigenvalue weighted by Gasteiger charge is 1.92. The maximum absolute atomic E-state index is 7.14. The van der Waals surface area contributed by atoms with Gasteiger partial charge in [0, 0.05) is 8.22 Å². The Morgan fingerprint density at radius 3 is 2.60 bits per heavy atom. The highest BCUT2D eigenvalue weighted by Crippen LogP contribution is 2.09. The van der Waals surface area contributed by atoms with Crippen molar-refractivity contribution in [3.63, 3.8) is 0 Å². The predicted octanol–water partition coefficient (Wildman–Crippen LogP) is 2.47. The minimum absolute atomic E-state index is 0.236. The fourth-order valence-electron chi connectivity index (χ4n) is 0.635. The van der Waals surface area contributed by atoms with Crippen LogP contribution < -0.4 is 4.74 Å². The molecule has 0 aliphatic heterocycles. The normalized spacial score (nSPS) is 21.3. The Bertz CT molecular complexity index is 314. The third-order valence-corrected chi connectivity index (χ3v) is 0.997. The van der Waals surface area contributed by atoms with Crippen LogP contribution in [-0.2, 0) is 0 Å². The zero-order valence-corrected chi connectivity index (χ0v) is 5.37. The maximum atomic E-state index is 7.14. The molecule has 0 aliphatic carbocycles. The topological polar surface area (TPSA) is 9.23 Å². The lowest BCUT2D eigenvalue weighted by molar-refractivity contribution is 0.242. The molecular formula is C9H12O. The van der Waals surface area contributed by atoms with Gasteiger partial charge in [-0.3, -0.25) is 0 Å². The van der Waals surface area contributed by atoms with E-state index in [4.69, 9.17) is 13.0 Å². The van der Waals surface area contributed by atoms with Gasteiger partial charge in [-0.1, -0.05) is 18.2 Å². The molecule has 0 saturated heterocycles. The third kappa shape index (κ3) is 2.09. The van der Waals surface area contributed by atoms with Crippen LogP contribution in [0.4, 0.5) is 0 Å². The second kappa shape index (κ2) is 3.25. The zero-order chi connectivity index (χ0) is 12.4. The Kier molecular flexibility index (Phi) is 0.837. The van der Waals surface area contributed by atoms with Crippen molar-refractivity contribution in [3.8, 4) is 5.75 Å². The minimum atomic E-state index is -2.68. The van der Waals surface area contributed by atoms with Crippen LogP contribution in [0.3, 0.4) is 0 Å². The zero-order valence-electron chi connectivity index (χ0n) is 11.4. The van der Waals surface area contributed by atoms with E-state index in [-0.39, 0.29) is 5.75 Å². The molecule has 10 heavy (non-hydrogen) atoms. The Balaban J connectivity index is 2.89. The molecule has 0 aliphatic rings. The average molecular weight is 142 g/mol. The van der Waals surface area contributed by atoms with Gasteiger partial charge in [0.15, 0.2) is 0 Å². The van der Waals surface area contributed by atoms with Crippen LogP contribution in [0.25, 0.3) is 0 Å². The lowest BCUT2D eigenvalue weighted by Crippen LogP contribution is -2.04. The maximum Gasteiger partial charge on any atom is 0.119 e. The molecule has 0 fully saturated rings. The van der Waals surface area contributed by atoms with E-state index >= 15 is 0 Å². The van der Waals surface area contributed by atoms with Gasteiger partial charge in [0.25, 0.3) is 0 Å². The van der Waals surface area contributed by atoms with Crippen LogP contribution in [0, 0.1) is 0 Å². The molecule has 0 unspecified atom stereocenters. The van der Waals surface area contributed by atoms with Gasteiger partial charge in [-0.15, -0.1) is 0 Å². The van der Waals surface area contributed by atoms with E-state index in [1.165, 1.54) is 12.1 Å². The first-order valence-electron chi connectivity index (χ1n) is 5.93. The smallest absolute Gasteiger partial charge is 0.119 e. The standard InChI is InChI=1S/C9H12O/c1-8(2)10-9-6-4-3-5-7-9/h3-8H,1-2H3/i1D3,2D3. The van der Waals surface area contributed by atoms with Gasteiger partial charge < -0.3 is 4.74 Å². The van der Waals surface area contributed by atoms with E-state index in [2.05, 4.69) is 0 Å². The first-order valence-corrected chi connectivity index (χ1v) is 2.93. The molecule has 0 N–H and O–H groups in total. The summed E-state index contributed by atoms with van der Waals surface area (Å²) < 4.78 is 47.9. The Morgan fingerprint density at radius 1 is 1.30 bits per heavy atom. The largest absolute Gasteiger partial charge is 0.491 e. The Labute approximate surface area is 70.1 Å². The summed E-state index contributed by atoms with van der Waals surface area (Å²) in [5.74, 6) is 0.236. The lowest BCUT2D eigenvalue weighted by atomic mass is 10.3. The number of benzene rings is 1. The Morgan fingerprint density at radius 2 is 2.00 bits per heavy atom. The summed E-state index contributed by atoms with van der Waals surface area (Å²) in [5.41, 5.74) is 0. The van der Waals surface area contributed by atoms with Crippen molar-refractivity contribution in [1.82, 2.24) is 0 Å². The summed E-state index contributed by atoms with van der Waals surface area (Å²) in [7, 11) is 0. The van der Waals surface area contributed by atoms with Gasteiger partial charge in [-0.25, -0.2) is 0 Å². The molecular weight excluding hydrogens is 124 g/mol. The molecule has 0 bridgehead atoms. The molecule has 0 radical (unpaired) electrons. The van der Waals surface area contributed by atoms with Gasteiger partial charge in [0.05, 0.1) is 6.10 Å². The van der Waals surface area contributed by atoms with E-state index < -0.39 is 19.8 Å². The van der Waals surface area contributed by atoms with E-state index in [9.17, 15) is 0 Å². The molecule has 1 aromatic rings. The van der Waals surface area contributed by atoms with Crippen molar-refractivity contribution < 1.29 is 13.0 Å². The molecule has 0 atom stereocenters. The van der Waals surface area contributed by atoms with E-state index in [1.54, 1.807) is 18.2 Å². The summed E-state index contributed by atoms with van der Waals surface area (Å²) in [5, 5.41) is 0. The second-order valence-corrected chi connectivity index (χ2v) is 1.81. The lowest BCUT2D eigenvalue weighted by Gasteiger charge is -2.07. The van der Waals surface area contributed by atoms with E-state index in [1.807, 2.05) is 0 Å². The van der Waals surface area contributed by atoms with Gasteiger partial charge in [0.1, 0.15) is 5.75 Å². The van der Waals surface area contributed by atoms with Gasteiger partial charge in [0.2, 0.25) is 0 Å². The van der Waals surface area contributed by atoms with Crippen LogP contribution in [0.15, 0.2) is 30.3 Å². The summed E-state index contributed by atoms with van der Waals surface area (Å²) in [6, 6.07) is 8.05. The number of hydrogen-bond donors (Lipinski definition) is 0. The molecule has 0 saturated carbocycles. The monoisotopic (exact) mass is 142 g/mol. The van der Waals surface area contributed by atoms with Crippen molar-refractivity contribution >= 4 is 0 Å². The first kappa shape index (κ1) is 2.57. The van der Waals surface area contributed by atoms with Crippen molar-refractivity contribution in [2.45, 2.75) is 19.8 Å². The quantitative estimate of drug-likeness (QED) is 0.616. The third-order valence-electron chi connectivity index (χ3n) is 0.997. The Hall–Kier alpha value is -0.980. The predicted molar refractivity (Wildman–Crippen MR) is 42.2 cm³/mol. The van der Waals surface area contributed by atoms with Crippen molar-refractivity contribution in [2.75, 3.05) is 0 Å². The number of ether oxygens (including phenoxy) is 1. The fourth-order valence-corrected chi connectivity index (χ4v) is 0.635. The molecule has 1 rings (SSSR count). The minimum Gasteiger partial charge on any atom is -0.491 e. The molecule has 1 heteroatoms. The SMILES string of the molecule is [2H]C([2H])([2H])C(Oc1ccccc1)C([2H])([2H])[2H]. The average Bonchev–Trinajstić information content (AvgIpc) is 2.12. The molecule has 0 aromatic heterocycles. The molecule has 0 heterocycles. The summed E-state index contributed by atoms with van der Waals surface area (Å²) in [6.07, 6.45) is -1.80. The van der Waals surface area contributed by atoms with Crippen molar-refractivity contribution in [2.24, 2.45) is 0 Å². The van der Waals surface area contributed by atoms with E-state index in [0.717, 1.165) is 0 Å². The summed E-state index contributed by atoms with van der Waals surface area (Å²) >= 11 is 0. The highest BCUT2D eigenvalue weighted by atomic mass is 16.5. The highest BCUT2D eigenvalue weighted by molar-refractivity contribution is 5.20. The van der Waals surface area contributed by atoms with E-state index in [0.29, 0.717) is 0 Å².